The molecule has 2 aromatic heterocycles. The Hall–Kier alpha value is -3.76. The Balaban J connectivity index is 1.35. The van der Waals surface area contributed by atoms with Crippen molar-refractivity contribution in [1.82, 2.24) is 19.4 Å². The minimum atomic E-state index is -1.86. The number of nitrogens with zero attached hydrogens (tertiary/aromatic N) is 4. The molecule has 1 atom stereocenters. The number of fused-ring (bicyclic) bond motifs is 5. The molecular weight excluding hydrogens is 512 g/mol. The van der Waals surface area contributed by atoms with E-state index in [-0.39, 0.29) is 24.7 Å². The Morgan fingerprint density at radius 2 is 1.88 bits per heavy atom. The molecule has 1 N–H and O–H groups in total. The monoisotopic (exact) mass is 546 g/mol. The van der Waals surface area contributed by atoms with E-state index in [1.165, 1.54) is 0 Å². The standard InChI is InChI=1S/C30H34N4O6/c1-4-9-32-10-12-33(13-11-32)29(37)40-18-7-8-24-20(14-18)19(5-2)21-16-34-25(26(21)31-24)15-23-22(27(34)35)17-39-28(36)30(23,38)6-3/h7-8,14-15,38H,4-6,9-13,16-17H2,1-3H3/t30-/m0/s1. The maximum absolute atomic E-state index is 13.5. The van der Waals surface area contributed by atoms with E-state index in [9.17, 15) is 19.5 Å². The van der Waals surface area contributed by atoms with Crippen LogP contribution in [-0.4, -0.2) is 69.2 Å². The van der Waals surface area contributed by atoms with E-state index >= 15 is 0 Å². The van der Waals surface area contributed by atoms with Gasteiger partial charge in [-0.15, -0.1) is 0 Å². The molecule has 0 saturated carbocycles. The number of carbonyl (C=O) groups excluding carboxylic acids is 2. The summed E-state index contributed by atoms with van der Waals surface area (Å²) in [5, 5.41) is 12.0. The van der Waals surface area contributed by atoms with Gasteiger partial charge in [-0.1, -0.05) is 20.8 Å². The zero-order valence-corrected chi connectivity index (χ0v) is 23.2. The molecule has 3 aliphatic rings. The van der Waals surface area contributed by atoms with E-state index in [4.69, 9.17) is 14.5 Å². The average Bonchev–Trinajstić information content (AvgIpc) is 3.33. The number of aryl methyl sites for hydroxylation is 1. The molecule has 0 bridgehead atoms. The molecule has 0 aliphatic carbocycles. The quantitative estimate of drug-likeness (QED) is 0.380. The predicted molar refractivity (Wildman–Crippen MR) is 148 cm³/mol. The second kappa shape index (κ2) is 10.0. The molecule has 0 unspecified atom stereocenters. The Kier molecular flexibility index (Phi) is 6.62. The van der Waals surface area contributed by atoms with E-state index in [0.717, 1.165) is 42.6 Å². The van der Waals surface area contributed by atoms with Gasteiger partial charge in [0.1, 0.15) is 12.4 Å². The van der Waals surface area contributed by atoms with E-state index < -0.39 is 11.6 Å². The fraction of sp³-hybridized carbons (Fsp3) is 0.467. The van der Waals surface area contributed by atoms with Crippen molar-refractivity contribution >= 4 is 23.0 Å². The minimum Gasteiger partial charge on any atom is -0.458 e. The first-order valence-electron chi connectivity index (χ1n) is 14.1. The first-order chi connectivity index (χ1) is 19.3. The van der Waals surface area contributed by atoms with E-state index in [1.54, 1.807) is 28.5 Å². The van der Waals surface area contributed by atoms with E-state index in [2.05, 4.69) is 11.8 Å². The molecule has 40 heavy (non-hydrogen) atoms. The number of piperazine rings is 1. The number of aliphatic hydroxyl groups is 1. The molecule has 0 spiro atoms. The third kappa shape index (κ3) is 4.08. The third-order valence-electron chi connectivity index (χ3n) is 8.51. The van der Waals surface area contributed by atoms with Gasteiger partial charge in [0.2, 0.25) is 0 Å². The van der Waals surface area contributed by atoms with Crippen molar-refractivity contribution in [3.63, 3.8) is 0 Å². The molecule has 10 heteroatoms. The van der Waals surface area contributed by atoms with Crippen molar-refractivity contribution in [2.24, 2.45) is 0 Å². The van der Waals surface area contributed by atoms with Crippen LogP contribution in [0.5, 0.6) is 5.75 Å². The number of rotatable bonds is 5. The molecule has 1 amide bonds. The SMILES string of the molecule is CCCN1CCN(C(=O)Oc2ccc3nc4c(c(CC)c3c2)Cn2c-4cc3c(c2=O)COC(=O)[C@]3(O)CC)CC1. The van der Waals surface area contributed by atoms with Gasteiger partial charge in [0, 0.05) is 42.7 Å². The van der Waals surface area contributed by atoms with Crippen molar-refractivity contribution < 1.29 is 24.2 Å². The second-order valence-electron chi connectivity index (χ2n) is 10.7. The maximum atomic E-state index is 13.5. The van der Waals surface area contributed by atoms with Crippen LogP contribution >= 0.6 is 0 Å². The van der Waals surface area contributed by atoms with Gasteiger partial charge >= 0.3 is 12.1 Å². The normalized spacial score (nSPS) is 20.2. The molecule has 1 fully saturated rings. The Morgan fingerprint density at radius 3 is 2.58 bits per heavy atom. The number of hydrogen-bond acceptors (Lipinski definition) is 8. The smallest absolute Gasteiger partial charge is 0.415 e. The Bertz CT molecular complexity index is 1590. The van der Waals surface area contributed by atoms with Crippen LogP contribution < -0.4 is 10.3 Å². The van der Waals surface area contributed by atoms with Crippen LogP contribution in [0.3, 0.4) is 0 Å². The number of hydrogen-bond donors (Lipinski definition) is 1. The number of benzene rings is 1. The van der Waals surface area contributed by atoms with Gasteiger partial charge in [-0.3, -0.25) is 9.69 Å². The lowest BCUT2D eigenvalue weighted by Crippen LogP contribution is -2.49. The molecule has 1 saturated heterocycles. The van der Waals surface area contributed by atoms with Gasteiger partial charge in [0.15, 0.2) is 5.60 Å². The van der Waals surface area contributed by atoms with E-state index in [0.29, 0.717) is 59.8 Å². The van der Waals surface area contributed by atoms with Crippen LogP contribution in [0.4, 0.5) is 4.79 Å². The summed E-state index contributed by atoms with van der Waals surface area (Å²) in [4.78, 5) is 47.9. The van der Waals surface area contributed by atoms with Crippen LogP contribution in [0.2, 0.25) is 0 Å². The summed E-state index contributed by atoms with van der Waals surface area (Å²) in [5.41, 5.74) is 2.34. The highest BCUT2D eigenvalue weighted by atomic mass is 16.6. The van der Waals surface area contributed by atoms with Crippen LogP contribution in [0.25, 0.3) is 22.3 Å². The Labute approximate surface area is 232 Å². The largest absolute Gasteiger partial charge is 0.458 e. The van der Waals surface area contributed by atoms with Crippen molar-refractivity contribution in [2.45, 2.75) is 58.8 Å². The lowest BCUT2D eigenvalue weighted by Gasteiger charge is -2.33. The van der Waals surface area contributed by atoms with Gasteiger partial charge in [0.25, 0.3) is 5.56 Å². The molecule has 5 heterocycles. The van der Waals surface area contributed by atoms with Crippen LogP contribution in [0, 0.1) is 0 Å². The summed E-state index contributed by atoms with van der Waals surface area (Å²) in [7, 11) is 0. The highest BCUT2D eigenvalue weighted by Gasteiger charge is 2.45. The van der Waals surface area contributed by atoms with Crippen molar-refractivity contribution in [3.8, 4) is 17.1 Å². The third-order valence-corrected chi connectivity index (χ3v) is 8.51. The fourth-order valence-electron chi connectivity index (χ4n) is 6.24. The van der Waals surface area contributed by atoms with Crippen LogP contribution in [0.15, 0.2) is 29.1 Å². The van der Waals surface area contributed by atoms with Crippen LogP contribution in [0.1, 0.15) is 55.9 Å². The van der Waals surface area contributed by atoms with Gasteiger partial charge in [-0.2, -0.15) is 0 Å². The first kappa shape index (κ1) is 26.5. The van der Waals surface area contributed by atoms with Gasteiger partial charge in [0.05, 0.1) is 29.0 Å². The maximum Gasteiger partial charge on any atom is 0.415 e. The number of aromatic nitrogens is 2. The summed E-state index contributed by atoms with van der Waals surface area (Å²) in [6.45, 7) is 10.1. The summed E-state index contributed by atoms with van der Waals surface area (Å²) in [6.07, 6.45) is 1.51. The highest BCUT2D eigenvalue weighted by molar-refractivity contribution is 5.90. The average molecular weight is 547 g/mol. The predicted octanol–water partition coefficient (Wildman–Crippen LogP) is 3.17. The lowest BCUT2D eigenvalue weighted by atomic mass is 9.86. The number of ether oxygens (including phenoxy) is 2. The Morgan fingerprint density at radius 1 is 1.10 bits per heavy atom. The molecule has 1 aromatic carbocycles. The number of esters is 1. The van der Waals surface area contributed by atoms with Gasteiger partial charge in [-0.25, -0.2) is 14.6 Å². The molecule has 10 nitrogen and oxygen atoms in total. The number of amides is 1. The zero-order chi connectivity index (χ0) is 28.2. The second-order valence-corrected chi connectivity index (χ2v) is 10.7. The van der Waals surface area contributed by atoms with Crippen molar-refractivity contribution in [2.75, 3.05) is 32.7 Å². The molecule has 6 rings (SSSR count). The van der Waals surface area contributed by atoms with Crippen molar-refractivity contribution in [1.29, 1.82) is 0 Å². The zero-order valence-electron chi connectivity index (χ0n) is 23.2. The summed E-state index contributed by atoms with van der Waals surface area (Å²) in [5.74, 6) is -0.285. The summed E-state index contributed by atoms with van der Waals surface area (Å²) >= 11 is 0. The van der Waals surface area contributed by atoms with E-state index in [1.807, 2.05) is 19.1 Å². The highest BCUT2D eigenvalue weighted by Crippen LogP contribution is 2.40. The van der Waals surface area contributed by atoms with Crippen LogP contribution in [-0.2, 0) is 34.7 Å². The number of cyclic esters (lactones) is 1. The lowest BCUT2D eigenvalue weighted by molar-refractivity contribution is -0.172. The fourth-order valence-corrected chi connectivity index (χ4v) is 6.24. The minimum absolute atomic E-state index is 0.0931. The topological polar surface area (TPSA) is 114 Å². The summed E-state index contributed by atoms with van der Waals surface area (Å²) < 4.78 is 12.6. The van der Waals surface area contributed by atoms with Gasteiger partial charge < -0.3 is 24.0 Å². The van der Waals surface area contributed by atoms with Crippen molar-refractivity contribution in [3.05, 3.63) is 56.9 Å². The molecule has 210 valence electrons. The molecule has 3 aromatic rings. The number of carbonyl (C=O) groups is 2. The summed E-state index contributed by atoms with van der Waals surface area (Å²) in [6, 6.07) is 7.15. The first-order valence-corrected chi connectivity index (χ1v) is 14.1. The molecule has 0 radical (unpaired) electrons. The number of pyridine rings is 2. The molecular formula is C30H34N4O6. The molecule has 3 aliphatic heterocycles. The van der Waals surface area contributed by atoms with Gasteiger partial charge in [-0.05, 0) is 55.6 Å².